The fraction of sp³-hybridized carbons (Fsp3) is 0.160. The molecule has 9 heteroatoms. The quantitative estimate of drug-likeness (QED) is 0.361. The van der Waals surface area contributed by atoms with Gasteiger partial charge in [0.05, 0.1) is 11.6 Å². The van der Waals surface area contributed by atoms with Crippen LogP contribution in [0.25, 0.3) is 5.76 Å². The van der Waals surface area contributed by atoms with E-state index in [2.05, 4.69) is 4.98 Å². The number of amides is 1. The highest BCUT2D eigenvalue weighted by molar-refractivity contribution is 6.46. The Morgan fingerprint density at radius 2 is 1.53 bits per heavy atom. The zero-order valence-corrected chi connectivity index (χ0v) is 17.8. The summed E-state index contributed by atoms with van der Waals surface area (Å²) in [6.07, 6.45) is 3.24. The van der Waals surface area contributed by atoms with Crippen molar-refractivity contribution >= 4 is 17.4 Å². The van der Waals surface area contributed by atoms with Gasteiger partial charge in [0, 0.05) is 24.5 Å². The monoisotopic (exact) mass is 458 g/mol. The summed E-state index contributed by atoms with van der Waals surface area (Å²) in [4.78, 5) is 31.9. The lowest BCUT2D eigenvalue weighted by Crippen LogP contribution is -2.29. The standard InChI is InChI=1S/C25H18N2O7/c28-23(16-2-4-18-20(10-16)34-13-32-18)21-22(15-1-3-17-19(9-15)33-12-31-17)27(25(30)24(21)29)11-14-5-7-26-8-6-14/h1-10,22,28H,11-13H2/t22-/m0/s1. The van der Waals surface area contributed by atoms with Gasteiger partial charge < -0.3 is 29.0 Å². The van der Waals surface area contributed by atoms with Crippen LogP contribution in [-0.4, -0.2) is 40.3 Å². The maximum atomic E-state index is 13.2. The van der Waals surface area contributed by atoms with Gasteiger partial charge in [-0.2, -0.15) is 0 Å². The molecule has 3 aromatic rings. The molecule has 2 aromatic carbocycles. The first kappa shape index (κ1) is 20.1. The van der Waals surface area contributed by atoms with Crippen molar-refractivity contribution in [2.75, 3.05) is 13.6 Å². The number of likely N-dealkylation sites (tertiary alicyclic amines) is 1. The highest BCUT2D eigenvalue weighted by Gasteiger charge is 2.46. The molecular formula is C25H18N2O7. The first-order chi connectivity index (χ1) is 16.6. The molecular weight excluding hydrogens is 440 g/mol. The number of pyridine rings is 1. The number of benzene rings is 2. The Labute approximate surface area is 193 Å². The third kappa shape index (κ3) is 3.21. The Morgan fingerprint density at radius 3 is 2.26 bits per heavy atom. The van der Waals surface area contributed by atoms with Gasteiger partial charge in [-0.15, -0.1) is 0 Å². The Morgan fingerprint density at radius 1 is 0.882 bits per heavy atom. The van der Waals surface area contributed by atoms with Crippen LogP contribution in [0.15, 0.2) is 66.5 Å². The molecule has 9 nitrogen and oxygen atoms in total. The third-order valence-corrected chi connectivity index (χ3v) is 6.00. The summed E-state index contributed by atoms with van der Waals surface area (Å²) in [7, 11) is 0. The van der Waals surface area contributed by atoms with E-state index in [1.54, 1.807) is 60.9 Å². The third-order valence-electron chi connectivity index (χ3n) is 6.00. The van der Waals surface area contributed by atoms with E-state index >= 15 is 0 Å². The second kappa shape index (κ2) is 7.80. The topological polar surface area (TPSA) is 107 Å². The molecule has 1 aromatic heterocycles. The lowest BCUT2D eigenvalue weighted by Gasteiger charge is -2.25. The minimum Gasteiger partial charge on any atom is -0.507 e. The number of rotatable bonds is 4. The number of Topliss-reactive ketones (excluding diaryl/α,β-unsaturated/α-hetero) is 1. The van der Waals surface area contributed by atoms with Crippen molar-refractivity contribution in [1.29, 1.82) is 0 Å². The number of hydrogen-bond donors (Lipinski definition) is 1. The molecule has 1 fully saturated rings. The number of carbonyl (C=O) groups is 2. The number of ether oxygens (including phenoxy) is 4. The van der Waals surface area contributed by atoms with Crippen LogP contribution in [0.4, 0.5) is 0 Å². The summed E-state index contributed by atoms with van der Waals surface area (Å²) in [6.45, 7) is 0.324. The molecule has 3 aliphatic heterocycles. The van der Waals surface area contributed by atoms with Crippen molar-refractivity contribution in [3.8, 4) is 23.0 Å². The SMILES string of the molecule is O=C1C(=O)N(Cc2ccncc2)[C@@H](c2ccc3c(c2)OCO3)C1=C(O)c1ccc2c(c1)OCO2. The van der Waals surface area contributed by atoms with Crippen molar-refractivity contribution in [2.24, 2.45) is 0 Å². The highest BCUT2D eigenvalue weighted by atomic mass is 16.7. The number of ketones is 1. The second-order valence-electron chi connectivity index (χ2n) is 7.96. The summed E-state index contributed by atoms with van der Waals surface area (Å²) in [5, 5.41) is 11.3. The van der Waals surface area contributed by atoms with Crippen molar-refractivity contribution in [2.45, 2.75) is 12.6 Å². The summed E-state index contributed by atoms with van der Waals surface area (Å²) < 4.78 is 21.7. The number of aliphatic hydroxyl groups excluding tert-OH is 1. The van der Waals surface area contributed by atoms with Crippen LogP contribution in [0.2, 0.25) is 0 Å². The Hall–Kier alpha value is -4.53. The molecule has 1 amide bonds. The van der Waals surface area contributed by atoms with Gasteiger partial charge >= 0.3 is 0 Å². The van der Waals surface area contributed by atoms with E-state index in [1.807, 2.05) is 0 Å². The van der Waals surface area contributed by atoms with Crippen molar-refractivity contribution in [1.82, 2.24) is 9.88 Å². The van der Waals surface area contributed by atoms with Crippen molar-refractivity contribution in [3.05, 3.63) is 83.2 Å². The van der Waals surface area contributed by atoms with E-state index in [-0.39, 0.29) is 31.5 Å². The zero-order valence-electron chi connectivity index (χ0n) is 17.8. The van der Waals surface area contributed by atoms with Gasteiger partial charge in [-0.1, -0.05) is 6.07 Å². The van der Waals surface area contributed by atoms with E-state index in [1.165, 1.54) is 4.90 Å². The zero-order chi connectivity index (χ0) is 23.2. The summed E-state index contributed by atoms with van der Waals surface area (Å²) in [5.41, 5.74) is 1.74. The number of nitrogens with zero attached hydrogens (tertiary/aromatic N) is 2. The largest absolute Gasteiger partial charge is 0.507 e. The Balaban J connectivity index is 1.49. The van der Waals surface area contributed by atoms with Crippen LogP contribution in [0.5, 0.6) is 23.0 Å². The molecule has 1 saturated heterocycles. The van der Waals surface area contributed by atoms with E-state index in [0.717, 1.165) is 5.56 Å². The number of aliphatic hydroxyl groups is 1. The van der Waals surface area contributed by atoms with Gasteiger partial charge in [-0.25, -0.2) is 0 Å². The molecule has 170 valence electrons. The molecule has 0 radical (unpaired) electrons. The van der Waals surface area contributed by atoms with Crippen LogP contribution in [0.3, 0.4) is 0 Å². The summed E-state index contributed by atoms with van der Waals surface area (Å²) in [6, 6.07) is 12.8. The minimum atomic E-state index is -0.840. The first-order valence-electron chi connectivity index (χ1n) is 10.6. The normalized spacial score (nSPS) is 19.6. The predicted molar refractivity (Wildman–Crippen MR) is 117 cm³/mol. The molecule has 0 bridgehead atoms. The van der Waals surface area contributed by atoms with E-state index < -0.39 is 17.7 Å². The molecule has 34 heavy (non-hydrogen) atoms. The lowest BCUT2D eigenvalue weighted by molar-refractivity contribution is -0.140. The molecule has 0 saturated carbocycles. The fourth-order valence-electron chi connectivity index (χ4n) is 4.36. The van der Waals surface area contributed by atoms with Crippen LogP contribution >= 0.6 is 0 Å². The Kier molecular flexibility index (Phi) is 4.61. The minimum absolute atomic E-state index is 0.0169. The van der Waals surface area contributed by atoms with Gasteiger partial charge in [0.25, 0.3) is 11.7 Å². The highest BCUT2D eigenvalue weighted by Crippen LogP contribution is 2.44. The number of carbonyl (C=O) groups excluding carboxylic acids is 2. The van der Waals surface area contributed by atoms with Gasteiger partial charge in [-0.3, -0.25) is 14.6 Å². The average molecular weight is 458 g/mol. The van der Waals surface area contributed by atoms with Gasteiger partial charge in [0.1, 0.15) is 5.76 Å². The molecule has 0 aliphatic carbocycles. The fourth-order valence-corrected chi connectivity index (χ4v) is 4.36. The molecule has 4 heterocycles. The Bertz CT molecular complexity index is 1350. The van der Waals surface area contributed by atoms with Crippen LogP contribution in [-0.2, 0) is 16.1 Å². The molecule has 0 unspecified atom stereocenters. The lowest BCUT2D eigenvalue weighted by atomic mass is 9.94. The van der Waals surface area contributed by atoms with Crippen LogP contribution < -0.4 is 18.9 Å². The van der Waals surface area contributed by atoms with E-state index in [4.69, 9.17) is 18.9 Å². The maximum absolute atomic E-state index is 13.2. The average Bonchev–Trinajstić information content (AvgIpc) is 3.58. The van der Waals surface area contributed by atoms with Crippen molar-refractivity contribution in [3.63, 3.8) is 0 Å². The number of fused-ring (bicyclic) bond motifs is 2. The smallest absolute Gasteiger partial charge is 0.295 e. The van der Waals surface area contributed by atoms with Crippen molar-refractivity contribution < 1.29 is 33.6 Å². The van der Waals surface area contributed by atoms with E-state index in [9.17, 15) is 14.7 Å². The molecule has 1 atom stereocenters. The second-order valence-corrected chi connectivity index (χ2v) is 7.96. The number of aromatic nitrogens is 1. The van der Waals surface area contributed by atoms with Gasteiger partial charge in [0.15, 0.2) is 23.0 Å². The predicted octanol–water partition coefficient (Wildman–Crippen LogP) is 3.16. The first-order valence-corrected chi connectivity index (χ1v) is 10.6. The molecule has 0 spiro atoms. The summed E-state index contributed by atoms with van der Waals surface area (Å²) >= 11 is 0. The molecule has 6 rings (SSSR count). The van der Waals surface area contributed by atoms with Gasteiger partial charge in [-0.05, 0) is 53.6 Å². The van der Waals surface area contributed by atoms with Crippen LogP contribution in [0, 0.1) is 0 Å². The van der Waals surface area contributed by atoms with Crippen LogP contribution in [0.1, 0.15) is 22.7 Å². The molecule has 3 aliphatic rings. The van der Waals surface area contributed by atoms with E-state index in [0.29, 0.717) is 34.1 Å². The number of hydrogen-bond acceptors (Lipinski definition) is 8. The summed E-state index contributed by atoms with van der Waals surface area (Å²) in [5.74, 6) is 0.308. The molecule has 1 N–H and O–H groups in total. The maximum Gasteiger partial charge on any atom is 0.295 e. The van der Waals surface area contributed by atoms with Gasteiger partial charge in [0.2, 0.25) is 13.6 Å².